The number of nitriles is 3. The molecule has 0 amide bonds. The van der Waals surface area contributed by atoms with Gasteiger partial charge in [-0.25, -0.2) is 0 Å². The number of carbonyl (C=O) groups is 3. The molecular weight excluding hydrogens is 1330 g/mol. The number of carbonyl (C=O) groups excluding carboxylic acids is 3. The molecule has 18 nitrogen and oxygen atoms in total. The lowest BCUT2D eigenvalue weighted by molar-refractivity contribution is -0.152. The third kappa shape index (κ3) is 12.7. The molecule has 0 aromatic carbocycles. The number of Topliss-reactive ketones (excluding diaryl/α,β-unsaturated/α-hetero) is 3. The summed E-state index contributed by atoms with van der Waals surface area (Å²) in [5.41, 5.74) is 0.533. The van der Waals surface area contributed by atoms with E-state index in [1.54, 1.807) is 0 Å². The molecule has 3 aromatic heterocycles. The summed E-state index contributed by atoms with van der Waals surface area (Å²) in [6.45, 7) is 24.7. The summed E-state index contributed by atoms with van der Waals surface area (Å²) in [4.78, 5) is 46.7. The first-order valence-electron chi connectivity index (χ1n) is 37.9. The summed E-state index contributed by atoms with van der Waals surface area (Å²) < 4.78 is 0. The minimum absolute atomic E-state index is 0.0533. The number of aromatic nitrogens is 9. The van der Waals surface area contributed by atoms with Crippen molar-refractivity contribution in [1.29, 1.82) is 15.8 Å². The van der Waals surface area contributed by atoms with Gasteiger partial charge in [-0.05, 0) is 316 Å². The highest BCUT2D eigenvalue weighted by atomic mass is 127. The number of alkyl halides is 1. The molecule has 0 radical (unpaired) electrons. The van der Waals surface area contributed by atoms with E-state index in [0.29, 0.717) is 69.5 Å². The summed E-state index contributed by atoms with van der Waals surface area (Å²) in [5.74, 6) is 8.98. The number of hydrogen-bond donors (Lipinski definition) is 3. The highest BCUT2D eigenvalue weighted by Gasteiger charge is 2.66. The van der Waals surface area contributed by atoms with Crippen molar-refractivity contribution in [2.24, 2.45) is 121 Å². The Labute approximate surface area is 591 Å². The van der Waals surface area contributed by atoms with Gasteiger partial charge in [0, 0.05) is 17.8 Å². The smallest absolute Gasteiger partial charge is 0.182 e. The summed E-state index contributed by atoms with van der Waals surface area (Å²) >= 11 is 2.15. The van der Waals surface area contributed by atoms with E-state index in [9.17, 15) is 29.7 Å². The molecule has 26 atom stereocenters. The molecule has 12 aliphatic carbocycles. The molecule has 3 heterocycles. The number of aliphatic hydroxyl groups is 3. The van der Waals surface area contributed by atoms with Gasteiger partial charge in [0.15, 0.2) is 34.4 Å². The van der Waals surface area contributed by atoms with E-state index in [4.69, 9.17) is 15.8 Å². The Bertz CT molecular complexity index is 3390. The van der Waals surface area contributed by atoms with Crippen LogP contribution in [0.2, 0.25) is 0 Å². The SMILES string of the molecule is CI.C[C@@H](C(=O)[C@H]1CC[C@H]2[C@@H]3CC[C@H]4C[C@](C)(O)CC[C@]4(C)[C@H]3CC[C@]12C)n1ncc(C#N)n1.C[C@@]1(O)CC[C@@]2(C)[C@@H](CC[C@@H]3[C@@H]2CC[C@]2(C)[C@@H](C(=O)Cn4ncc(C#N)n4)CC[C@@H]32)C1.C[C@H](C(=O)[C@H]1CC[C@H]2[C@@H]3CC[C@H]4C[C@](C)(O)CC[C@]4(C)[C@H]3CC[C@]12C)n1ncc(C#N)n1. The fraction of sp³-hybridized carbons (Fsp3) is 0.846. The Morgan fingerprint density at radius 3 is 1.07 bits per heavy atom. The van der Waals surface area contributed by atoms with Gasteiger partial charge in [0.2, 0.25) is 0 Å². The minimum Gasteiger partial charge on any atom is -0.390 e. The van der Waals surface area contributed by atoms with Crippen LogP contribution in [0.4, 0.5) is 0 Å². The van der Waals surface area contributed by atoms with Crippen molar-refractivity contribution in [3.8, 4) is 18.2 Å². The lowest BCUT2D eigenvalue weighted by atomic mass is 9.44. The van der Waals surface area contributed by atoms with Crippen LogP contribution in [0.5, 0.6) is 0 Å². The van der Waals surface area contributed by atoms with Gasteiger partial charge in [0.25, 0.3) is 0 Å². The topological polar surface area (TPSA) is 275 Å². The van der Waals surface area contributed by atoms with Crippen molar-refractivity contribution >= 4 is 39.9 Å². The number of halogens is 1. The largest absolute Gasteiger partial charge is 0.390 e. The Morgan fingerprint density at radius 1 is 0.433 bits per heavy atom. The molecule has 12 aliphatic rings. The second kappa shape index (κ2) is 26.7. The summed E-state index contributed by atoms with van der Waals surface area (Å²) in [5, 5.41) is 84.1. The Balaban J connectivity index is 0.000000137. The Kier molecular flexibility index (Phi) is 19.9. The normalized spacial score (nSPS) is 45.6. The molecule has 12 fully saturated rings. The predicted molar refractivity (Wildman–Crippen MR) is 376 cm³/mol. The second-order valence-corrected chi connectivity index (χ2v) is 36.4. The van der Waals surface area contributed by atoms with Crippen LogP contribution in [0.1, 0.15) is 279 Å². The van der Waals surface area contributed by atoms with Crippen LogP contribution >= 0.6 is 22.6 Å². The van der Waals surface area contributed by atoms with E-state index >= 15 is 0 Å². The van der Waals surface area contributed by atoms with Crippen LogP contribution in [-0.4, -0.2) is 99.4 Å². The first-order chi connectivity index (χ1) is 45.8. The van der Waals surface area contributed by atoms with E-state index in [0.717, 1.165) is 133 Å². The van der Waals surface area contributed by atoms with E-state index < -0.39 is 28.9 Å². The van der Waals surface area contributed by atoms with Crippen LogP contribution in [0.3, 0.4) is 0 Å². The highest BCUT2D eigenvalue weighted by molar-refractivity contribution is 14.1. The predicted octanol–water partition coefficient (Wildman–Crippen LogP) is 14.6. The zero-order valence-electron chi connectivity index (χ0n) is 60.7. The molecule has 0 bridgehead atoms. The van der Waals surface area contributed by atoms with Crippen LogP contribution in [0.15, 0.2) is 18.6 Å². The molecular formula is C78H115IN12O6. The Hall–Kier alpha value is -4.49. The van der Waals surface area contributed by atoms with Gasteiger partial charge < -0.3 is 15.3 Å². The first kappa shape index (κ1) is 72.3. The molecule has 530 valence electrons. The van der Waals surface area contributed by atoms with Crippen molar-refractivity contribution in [3.63, 3.8) is 0 Å². The van der Waals surface area contributed by atoms with Gasteiger partial charge in [-0.1, -0.05) is 64.1 Å². The number of fused-ring (bicyclic) bond motifs is 15. The Morgan fingerprint density at radius 2 is 0.742 bits per heavy atom. The van der Waals surface area contributed by atoms with Gasteiger partial charge in [-0.15, -0.1) is 15.3 Å². The number of ketones is 3. The van der Waals surface area contributed by atoms with Gasteiger partial charge in [0.05, 0.1) is 35.4 Å². The maximum absolute atomic E-state index is 13.6. The maximum Gasteiger partial charge on any atom is 0.182 e. The summed E-state index contributed by atoms with van der Waals surface area (Å²) in [6, 6.07) is 5.14. The zero-order valence-corrected chi connectivity index (χ0v) is 62.8. The highest BCUT2D eigenvalue weighted by Crippen LogP contribution is 2.72. The van der Waals surface area contributed by atoms with Crippen LogP contribution in [0, 0.1) is 155 Å². The van der Waals surface area contributed by atoms with Crippen molar-refractivity contribution < 1.29 is 29.7 Å². The lowest BCUT2D eigenvalue weighted by Crippen LogP contribution is -2.55. The van der Waals surface area contributed by atoms with Crippen molar-refractivity contribution in [2.45, 2.75) is 285 Å². The van der Waals surface area contributed by atoms with Gasteiger partial charge in [-0.3, -0.25) is 14.4 Å². The standard InChI is InChI=1S/2C26H38N4O2.C25H36N4O2.CH3I/c2*1-16(30-28-15-18(14-27)29-30)23(31)22-8-7-20-19-6-5-17-13-24(2,32)11-12-25(17,3)21(19)9-10-26(20,22)4;1-23(31)10-11-24(2)16(12-23)4-5-18-19-6-7-21(25(19,3)9-8-20(18)24)22(30)15-29-27-14-17(13-26)28-29;1-2/h2*15-17,19-22,32H,5-13H2,1-4H3;14,16,18-21,31H,4-12,15H2,1-3H3;1H3/t16-,17+,19+,20+,21+,22-,24-,25+,26+;16-,17-,19-,20-,21-,22+,24+,25-,26-;16-,18-,19-,20-,21+,23+,24-,25-;/m100./s1. The summed E-state index contributed by atoms with van der Waals surface area (Å²) in [7, 11) is 0. The van der Waals surface area contributed by atoms with E-state index in [2.05, 4.69) is 94.7 Å². The number of hydrogen-bond acceptors (Lipinski definition) is 15. The summed E-state index contributed by atoms with van der Waals surface area (Å²) in [6.07, 6.45) is 34.2. The fourth-order valence-corrected chi connectivity index (χ4v) is 26.3. The zero-order chi connectivity index (χ0) is 69.8. The lowest BCUT2D eigenvalue weighted by Gasteiger charge is -2.61. The molecule has 0 unspecified atom stereocenters. The fourth-order valence-electron chi connectivity index (χ4n) is 26.3. The molecule has 0 spiro atoms. The maximum atomic E-state index is 13.6. The first-order valence-corrected chi connectivity index (χ1v) is 40.1. The molecule has 0 aliphatic heterocycles. The third-order valence-corrected chi connectivity index (χ3v) is 31.6. The quantitative estimate of drug-likeness (QED) is 0.133. The molecule has 3 N–H and O–H groups in total. The van der Waals surface area contributed by atoms with Crippen molar-refractivity contribution in [1.82, 2.24) is 45.0 Å². The molecule has 19 heteroatoms. The third-order valence-electron chi connectivity index (χ3n) is 31.6. The van der Waals surface area contributed by atoms with E-state index in [-0.39, 0.29) is 75.0 Å². The van der Waals surface area contributed by atoms with Gasteiger partial charge >= 0.3 is 0 Å². The van der Waals surface area contributed by atoms with E-state index in [1.165, 1.54) is 90.8 Å². The second-order valence-electron chi connectivity index (χ2n) is 36.4. The molecule has 15 rings (SSSR count). The van der Waals surface area contributed by atoms with Crippen molar-refractivity contribution in [3.05, 3.63) is 35.7 Å². The minimum atomic E-state index is -0.493. The van der Waals surface area contributed by atoms with Crippen molar-refractivity contribution in [2.75, 3.05) is 4.93 Å². The van der Waals surface area contributed by atoms with E-state index in [1.807, 2.05) is 57.8 Å². The van der Waals surface area contributed by atoms with Crippen LogP contribution in [0.25, 0.3) is 0 Å². The molecule has 0 saturated heterocycles. The molecule has 97 heavy (non-hydrogen) atoms. The monoisotopic (exact) mass is 1440 g/mol. The average Bonchev–Trinajstić information content (AvgIpc) is 1.71. The number of rotatable bonds is 9. The molecule has 12 saturated carbocycles. The van der Waals surface area contributed by atoms with Gasteiger partial charge in [0.1, 0.15) is 36.8 Å². The average molecular weight is 1440 g/mol. The van der Waals surface area contributed by atoms with Crippen LogP contribution in [-0.2, 0) is 20.9 Å². The van der Waals surface area contributed by atoms with Gasteiger partial charge in [-0.2, -0.15) is 45.5 Å². The van der Waals surface area contributed by atoms with Crippen LogP contribution < -0.4 is 0 Å². The number of nitrogens with zero attached hydrogens (tertiary/aromatic N) is 12. The molecule has 3 aromatic rings.